The van der Waals surface area contributed by atoms with Gasteiger partial charge in [-0.05, 0) is 18.8 Å². The lowest BCUT2D eigenvalue weighted by Crippen LogP contribution is -2.43. The summed E-state index contributed by atoms with van der Waals surface area (Å²) in [5, 5.41) is 2.48. The molecule has 0 aromatic rings. The predicted octanol–water partition coefficient (Wildman–Crippen LogP) is -0.290. The van der Waals surface area contributed by atoms with Crippen LogP contribution in [0.3, 0.4) is 0 Å². The van der Waals surface area contributed by atoms with Crippen LogP contribution in [-0.2, 0) is 9.59 Å². The van der Waals surface area contributed by atoms with Gasteiger partial charge in [0.2, 0.25) is 0 Å². The Bertz CT molecular complexity index is 250. The Morgan fingerprint density at radius 3 is 2.56 bits per heavy atom. The summed E-state index contributed by atoms with van der Waals surface area (Å²) in [5.74, 6) is -0.442. The average molecular weight is 227 g/mol. The van der Waals surface area contributed by atoms with Gasteiger partial charge in [0.1, 0.15) is 0 Å². The molecular weight excluding hydrogens is 206 g/mol. The summed E-state index contributed by atoms with van der Waals surface area (Å²) in [7, 11) is 1.68. The first kappa shape index (κ1) is 13.0. The van der Waals surface area contributed by atoms with Crippen molar-refractivity contribution in [1.82, 2.24) is 10.2 Å². The van der Waals surface area contributed by atoms with Crippen LogP contribution in [0.1, 0.15) is 25.7 Å². The molecule has 0 aromatic carbocycles. The lowest BCUT2D eigenvalue weighted by molar-refractivity contribution is -0.145. The van der Waals surface area contributed by atoms with E-state index in [1.54, 1.807) is 7.05 Å². The molecule has 0 aromatic heterocycles. The second-order valence-corrected chi connectivity index (χ2v) is 4.38. The third kappa shape index (κ3) is 3.81. The molecule has 0 radical (unpaired) electrons. The van der Waals surface area contributed by atoms with Gasteiger partial charge in [-0.1, -0.05) is 12.8 Å². The monoisotopic (exact) mass is 227 g/mol. The number of carbonyl (C=O) groups excluding carboxylic acids is 2. The maximum Gasteiger partial charge on any atom is 0.311 e. The molecule has 5 nitrogen and oxygen atoms in total. The van der Waals surface area contributed by atoms with E-state index in [2.05, 4.69) is 5.32 Å². The average Bonchev–Trinajstić information content (AvgIpc) is 2.77. The number of likely N-dealkylation sites (N-methyl/N-ethyl adjacent to an activating group) is 1. The van der Waals surface area contributed by atoms with Crippen LogP contribution in [0, 0.1) is 5.92 Å². The molecule has 0 saturated heterocycles. The molecule has 0 bridgehead atoms. The van der Waals surface area contributed by atoms with Crippen LogP contribution in [0.15, 0.2) is 0 Å². The highest BCUT2D eigenvalue weighted by atomic mass is 16.2. The van der Waals surface area contributed by atoms with Crippen LogP contribution in [0.25, 0.3) is 0 Å². The molecule has 1 saturated carbocycles. The summed E-state index contributed by atoms with van der Waals surface area (Å²) >= 11 is 0. The van der Waals surface area contributed by atoms with Gasteiger partial charge in [0.15, 0.2) is 0 Å². The number of carbonyl (C=O) groups is 2. The van der Waals surface area contributed by atoms with E-state index in [1.165, 1.54) is 30.6 Å². The fourth-order valence-electron chi connectivity index (χ4n) is 2.10. The smallest absolute Gasteiger partial charge is 0.311 e. The van der Waals surface area contributed by atoms with E-state index in [1.807, 2.05) is 0 Å². The Morgan fingerprint density at radius 1 is 1.38 bits per heavy atom. The Morgan fingerprint density at radius 2 is 2.00 bits per heavy atom. The summed E-state index contributed by atoms with van der Waals surface area (Å²) in [6, 6.07) is 0. The SMILES string of the molecule is CN(CC1CCCC1)C(=O)C(=O)NCCN. The van der Waals surface area contributed by atoms with Crippen molar-refractivity contribution in [1.29, 1.82) is 0 Å². The second-order valence-electron chi connectivity index (χ2n) is 4.38. The third-order valence-corrected chi connectivity index (χ3v) is 2.98. The van der Waals surface area contributed by atoms with Gasteiger partial charge < -0.3 is 16.0 Å². The topological polar surface area (TPSA) is 75.4 Å². The number of amides is 2. The zero-order valence-corrected chi connectivity index (χ0v) is 9.87. The first-order chi connectivity index (χ1) is 7.65. The van der Waals surface area contributed by atoms with Gasteiger partial charge in [0.05, 0.1) is 0 Å². The van der Waals surface area contributed by atoms with Crippen LogP contribution in [-0.4, -0.2) is 43.4 Å². The van der Waals surface area contributed by atoms with Gasteiger partial charge in [0, 0.05) is 26.7 Å². The van der Waals surface area contributed by atoms with Crippen molar-refractivity contribution in [2.75, 3.05) is 26.7 Å². The summed E-state index contributed by atoms with van der Waals surface area (Å²) in [6.45, 7) is 1.39. The van der Waals surface area contributed by atoms with Crippen molar-refractivity contribution in [2.45, 2.75) is 25.7 Å². The van der Waals surface area contributed by atoms with Crippen LogP contribution in [0.2, 0.25) is 0 Å². The molecule has 0 unspecified atom stereocenters. The van der Waals surface area contributed by atoms with Crippen LogP contribution in [0.5, 0.6) is 0 Å². The van der Waals surface area contributed by atoms with Gasteiger partial charge in [-0.15, -0.1) is 0 Å². The summed E-state index contributed by atoms with van der Waals surface area (Å²) in [6.07, 6.45) is 4.82. The van der Waals surface area contributed by atoms with E-state index in [9.17, 15) is 9.59 Å². The van der Waals surface area contributed by atoms with Gasteiger partial charge in [-0.2, -0.15) is 0 Å². The molecule has 5 heteroatoms. The minimum absolute atomic E-state index is 0.349. The third-order valence-electron chi connectivity index (χ3n) is 2.98. The van der Waals surface area contributed by atoms with E-state index < -0.39 is 11.8 Å². The lowest BCUT2D eigenvalue weighted by atomic mass is 10.1. The molecular formula is C11H21N3O2. The molecule has 1 aliphatic carbocycles. The van der Waals surface area contributed by atoms with Gasteiger partial charge in [-0.3, -0.25) is 9.59 Å². The maximum absolute atomic E-state index is 11.6. The van der Waals surface area contributed by atoms with Gasteiger partial charge >= 0.3 is 11.8 Å². The molecule has 1 rings (SSSR count). The molecule has 0 spiro atoms. The lowest BCUT2D eigenvalue weighted by Gasteiger charge is -2.20. The van der Waals surface area contributed by atoms with E-state index in [0.29, 0.717) is 25.6 Å². The van der Waals surface area contributed by atoms with E-state index in [4.69, 9.17) is 5.73 Å². The standard InChI is InChI=1S/C11H21N3O2/c1-14(8-9-4-2-3-5-9)11(16)10(15)13-7-6-12/h9H,2-8,12H2,1H3,(H,13,15). The fourth-order valence-corrected chi connectivity index (χ4v) is 2.10. The normalized spacial score (nSPS) is 16.1. The van der Waals surface area contributed by atoms with Crippen LogP contribution in [0.4, 0.5) is 0 Å². The summed E-state index contributed by atoms with van der Waals surface area (Å²) < 4.78 is 0. The first-order valence-electron chi connectivity index (χ1n) is 5.88. The minimum Gasteiger partial charge on any atom is -0.347 e. The molecule has 0 heterocycles. The summed E-state index contributed by atoms with van der Waals surface area (Å²) in [5.41, 5.74) is 5.25. The summed E-state index contributed by atoms with van der Waals surface area (Å²) in [4.78, 5) is 24.5. The zero-order valence-electron chi connectivity index (χ0n) is 9.87. The highest BCUT2D eigenvalue weighted by Crippen LogP contribution is 2.25. The molecule has 3 N–H and O–H groups in total. The number of hydrogen-bond acceptors (Lipinski definition) is 3. The first-order valence-corrected chi connectivity index (χ1v) is 5.88. The quantitative estimate of drug-likeness (QED) is 0.648. The molecule has 16 heavy (non-hydrogen) atoms. The Kier molecular flexibility index (Phi) is 5.25. The molecule has 2 amide bonds. The fraction of sp³-hybridized carbons (Fsp3) is 0.818. The Labute approximate surface area is 96.4 Å². The molecule has 0 atom stereocenters. The van der Waals surface area contributed by atoms with Crippen LogP contribution >= 0.6 is 0 Å². The van der Waals surface area contributed by atoms with Crippen molar-refractivity contribution in [2.24, 2.45) is 11.7 Å². The largest absolute Gasteiger partial charge is 0.347 e. The number of nitrogens with two attached hydrogens (primary N) is 1. The Balaban J connectivity index is 2.31. The highest BCUT2D eigenvalue weighted by molar-refractivity contribution is 6.34. The highest BCUT2D eigenvalue weighted by Gasteiger charge is 2.22. The van der Waals surface area contributed by atoms with E-state index in [-0.39, 0.29) is 0 Å². The maximum atomic E-state index is 11.6. The van der Waals surface area contributed by atoms with Gasteiger partial charge in [0.25, 0.3) is 0 Å². The van der Waals surface area contributed by atoms with E-state index in [0.717, 1.165) is 0 Å². The molecule has 1 aliphatic rings. The number of nitrogens with zero attached hydrogens (tertiary/aromatic N) is 1. The number of rotatable bonds is 4. The number of nitrogens with one attached hydrogen (secondary N) is 1. The molecule has 92 valence electrons. The number of hydrogen-bond donors (Lipinski definition) is 2. The minimum atomic E-state index is -0.550. The Hall–Kier alpha value is -1.10. The molecule has 0 aliphatic heterocycles. The van der Waals surface area contributed by atoms with Crippen molar-refractivity contribution >= 4 is 11.8 Å². The van der Waals surface area contributed by atoms with Crippen molar-refractivity contribution in [3.63, 3.8) is 0 Å². The van der Waals surface area contributed by atoms with E-state index >= 15 is 0 Å². The van der Waals surface area contributed by atoms with Crippen molar-refractivity contribution < 1.29 is 9.59 Å². The van der Waals surface area contributed by atoms with Crippen LogP contribution < -0.4 is 11.1 Å². The van der Waals surface area contributed by atoms with Crippen molar-refractivity contribution in [3.8, 4) is 0 Å². The van der Waals surface area contributed by atoms with Gasteiger partial charge in [-0.25, -0.2) is 0 Å². The predicted molar refractivity (Wildman–Crippen MR) is 61.7 cm³/mol. The van der Waals surface area contributed by atoms with Crippen molar-refractivity contribution in [3.05, 3.63) is 0 Å². The second kappa shape index (κ2) is 6.48. The zero-order chi connectivity index (χ0) is 12.0. The molecule has 1 fully saturated rings.